The lowest BCUT2D eigenvalue weighted by atomic mass is 9.94. The first kappa shape index (κ1) is 20.8. The molecule has 1 saturated heterocycles. The Bertz CT molecular complexity index is 776. The van der Waals surface area contributed by atoms with Crippen LogP contribution in [0.2, 0.25) is 5.02 Å². The Hall–Kier alpha value is -1.95. The first-order chi connectivity index (χ1) is 13.0. The van der Waals surface area contributed by atoms with Crippen LogP contribution in [0, 0.1) is 0 Å². The minimum atomic E-state index is -1.06. The van der Waals surface area contributed by atoms with Gasteiger partial charge in [-0.15, -0.1) is 0 Å². The number of carbonyl (C=O) groups excluding carboxylic acids is 2. The van der Waals surface area contributed by atoms with E-state index in [0.717, 1.165) is 30.1 Å². The fraction of sp³-hybridized carbons (Fsp3) is 0.619. The van der Waals surface area contributed by atoms with Gasteiger partial charge in [0.25, 0.3) is 0 Å². The van der Waals surface area contributed by atoms with Crippen molar-refractivity contribution >= 4 is 29.4 Å². The number of fused-ring (bicyclic) bond motifs is 1. The normalized spacial score (nSPS) is 24.7. The molecule has 0 unspecified atom stereocenters. The topological polar surface area (TPSA) is 59.1 Å². The van der Waals surface area contributed by atoms with E-state index in [9.17, 15) is 9.59 Å². The van der Waals surface area contributed by atoms with E-state index in [-0.39, 0.29) is 6.04 Å². The SMILES string of the molecule is COC(=O)[C@]1(C)C[C@H](N2CCCc3cc(Cl)ccc32)CN1C(=O)OC(C)(C)C. The van der Waals surface area contributed by atoms with Gasteiger partial charge in [-0.1, -0.05) is 11.6 Å². The Balaban J connectivity index is 1.91. The number of ether oxygens (including phenoxy) is 2. The first-order valence-electron chi connectivity index (χ1n) is 9.69. The van der Waals surface area contributed by atoms with Crippen LogP contribution in [-0.2, 0) is 20.7 Å². The highest BCUT2D eigenvalue weighted by molar-refractivity contribution is 6.30. The second-order valence-corrected chi connectivity index (χ2v) is 9.22. The zero-order valence-corrected chi connectivity index (χ0v) is 18.0. The molecule has 0 radical (unpaired) electrons. The molecule has 1 amide bonds. The van der Waals surface area contributed by atoms with Gasteiger partial charge in [-0.3, -0.25) is 4.90 Å². The van der Waals surface area contributed by atoms with E-state index in [4.69, 9.17) is 21.1 Å². The molecule has 2 heterocycles. The van der Waals surface area contributed by atoms with Gasteiger partial charge in [-0.25, -0.2) is 9.59 Å². The lowest BCUT2D eigenvalue weighted by Gasteiger charge is -2.36. The van der Waals surface area contributed by atoms with Gasteiger partial charge < -0.3 is 14.4 Å². The molecule has 0 aromatic heterocycles. The molecule has 2 aliphatic heterocycles. The zero-order chi connectivity index (χ0) is 20.7. The lowest BCUT2D eigenvalue weighted by Crippen LogP contribution is -2.52. The number of benzene rings is 1. The van der Waals surface area contributed by atoms with Crippen molar-refractivity contribution in [3.05, 3.63) is 28.8 Å². The summed E-state index contributed by atoms with van der Waals surface area (Å²) < 4.78 is 10.6. The molecule has 1 aromatic carbocycles. The van der Waals surface area contributed by atoms with Crippen molar-refractivity contribution in [2.24, 2.45) is 0 Å². The molecule has 0 bridgehead atoms. The third kappa shape index (κ3) is 3.93. The van der Waals surface area contributed by atoms with Crippen LogP contribution in [0.4, 0.5) is 10.5 Å². The number of halogens is 1. The van der Waals surface area contributed by atoms with Crippen LogP contribution >= 0.6 is 11.6 Å². The van der Waals surface area contributed by atoms with Crippen LogP contribution in [0.3, 0.4) is 0 Å². The smallest absolute Gasteiger partial charge is 0.411 e. The highest BCUT2D eigenvalue weighted by atomic mass is 35.5. The molecule has 28 heavy (non-hydrogen) atoms. The monoisotopic (exact) mass is 408 g/mol. The Morgan fingerprint density at radius 3 is 2.64 bits per heavy atom. The van der Waals surface area contributed by atoms with Gasteiger partial charge in [-0.05, 0) is 64.3 Å². The standard InChI is InChI=1S/C21H29ClN2O4/c1-20(2,3)28-19(26)24-13-16(12-21(24,4)18(25)27-5)23-10-6-7-14-11-15(22)8-9-17(14)23/h8-9,11,16H,6-7,10,12-13H2,1-5H3/t16-,21-/m0/s1. The molecule has 1 aromatic rings. The lowest BCUT2D eigenvalue weighted by molar-refractivity contribution is -0.152. The molecule has 0 N–H and O–H groups in total. The summed E-state index contributed by atoms with van der Waals surface area (Å²) in [5.41, 5.74) is 0.625. The molecule has 0 saturated carbocycles. The summed E-state index contributed by atoms with van der Waals surface area (Å²) in [5, 5.41) is 0.724. The fourth-order valence-electron chi connectivity index (χ4n) is 4.24. The van der Waals surface area contributed by atoms with E-state index in [1.165, 1.54) is 17.6 Å². The van der Waals surface area contributed by atoms with Crippen LogP contribution in [0.25, 0.3) is 0 Å². The summed E-state index contributed by atoms with van der Waals surface area (Å²) in [4.78, 5) is 29.3. The average molecular weight is 409 g/mol. The predicted octanol–water partition coefficient (Wildman–Crippen LogP) is 4.03. The number of aryl methyl sites for hydroxylation is 1. The molecular weight excluding hydrogens is 380 g/mol. The van der Waals surface area contributed by atoms with Crippen LogP contribution in [0.1, 0.15) is 46.1 Å². The highest BCUT2D eigenvalue weighted by Crippen LogP contribution is 2.39. The van der Waals surface area contributed by atoms with Crippen LogP contribution in [-0.4, -0.2) is 54.3 Å². The van der Waals surface area contributed by atoms with Crippen molar-refractivity contribution in [3.63, 3.8) is 0 Å². The third-order valence-electron chi connectivity index (χ3n) is 5.50. The van der Waals surface area contributed by atoms with Crippen molar-refractivity contribution < 1.29 is 19.1 Å². The molecule has 154 valence electrons. The van der Waals surface area contributed by atoms with E-state index in [0.29, 0.717) is 13.0 Å². The molecule has 2 aliphatic rings. The predicted molar refractivity (Wildman–Crippen MR) is 109 cm³/mol. The summed E-state index contributed by atoms with van der Waals surface area (Å²) in [5.74, 6) is -0.422. The second kappa shape index (κ2) is 7.47. The van der Waals surface area contributed by atoms with Crippen molar-refractivity contribution in [3.8, 4) is 0 Å². The van der Waals surface area contributed by atoms with Gasteiger partial charge in [0.15, 0.2) is 0 Å². The van der Waals surface area contributed by atoms with Gasteiger partial charge in [0.1, 0.15) is 11.1 Å². The number of hydrogen-bond donors (Lipinski definition) is 0. The van der Waals surface area contributed by atoms with E-state index in [1.54, 1.807) is 6.92 Å². The van der Waals surface area contributed by atoms with Crippen LogP contribution < -0.4 is 4.90 Å². The third-order valence-corrected chi connectivity index (χ3v) is 5.73. The fourth-order valence-corrected chi connectivity index (χ4v) is 4.43. The van der Waals surface area contributed by atoms with Gasteiger partial charge in [0.05, 0.1) is 7.11 Å². The summed E-state index contributed by atoms with van der Waals surface area (Å²) in [6.07, 6.45) is 1.98. The maximum absolute atomic E-state index is 12.9. The number of methoxy groups -OCH3 is 1. The van der Waals surface area contributed by atoms with Gasteiger partial charge in [-0.2, -0.15) is 0 Å². The summed E-state index contributed by atoms with van der Waals surface area (Å²) in [6.45, 7) is 8.49. The van der Waals surface area contributed by atoms with Gasteiger partial charge in [0, 0.05) is 36.3 Å². The van der Waals surface area contributed by atoms with E-state index < -0.39 is 23.2 Å². The molecule has 0 aliphatic carbocycles. The average Bonchev–Trinajstić information content (AvgIpc) is 2.97. The quantitative estimate of drug-likeness (QED) is 0.691. The minimum absolute atomic E-state index is 0.00292. The molecule has 6 nitrogen and oxygen atoms in total. The number of nitrogens with zero attached hydrogens (tertiary/aromatic N) is 2. The number of anilines is 1. The summed E-state index contributed by atoms with van der Waals surface area (Å²) in [7, 11) is 1.35. The number of hydrogen-bond acceptors (Lipinski definition) is 5. The Morgan fingerprint density at radius 2 is 2.00 bits per heavy atom. The summed E-state index contributed by atoms with van der Waals surface area (Å²) >= 11 is 6.17. The van der Waals surface area contributed by atoms with Gasteiger partial charge in [0.2, 0.25) is 0 Å². The van der Waals surface area contributed by atoms with Crippen molar-refractivity contribution in [2.45, 2.75) is 64.1 Å². The molecule has 7 heteroatoms. The Morgan fingerprint density at radius 1 is 1.29 bits per heavy atom. The van der Waals surface area contributed by atoms with E-state index in [1.807, 2.05) is 39.0 Å². The van der Waals surface area contributed by atoms with Gasteiger partial charge >= 0.3 is 12.1 Å². The minimum Gasteiger partial charge on any atom is -0.467 e. The molecule has 2 atom stereocenters. The number of amides is 1. The number of rotatable bonds is 2. The van der Waals surface area contributed by atoms with Crippen LogP contribution in [0.5, 0.6) is 0 Å². The van der Waals surface area contributed by atoms with Crippen molar-refractivity contribution in [1.29, 1.82) is 0 Å². The van der Waals surface area contributed by atoms with E-state index in [2.05, 4.69) is 4.90 Å². The molecule has 3 rings (SSSR count). The highest BCUT2D eigenvalue weighted by Gasteiger charge is 2.53. The summed E-state index contributed by atoms with van der Waals surface area (Å²) in [6, 6.07) is 5.92. The Labute approximate surface area is 171 Å². The molecule has 1 fully saturated rings. The maximum Gasteiger partial charge on any atom is 0.411 e. The van der Waals surface area contributed by atoms with Crippen molar-refractivity contribution in [2.75, 3.05) is 25.1 Å². The van der Waals surface area contributed by atoms with E-state index >= 15 is 0 Å². The molecule has 0 spiro atoms. The first-order valence-corrected chi connectivity index (χ1v) is 10.1. The maximum atomic E-state index is 12.9. The Kier molecular flexibility index (Phi) is 5.54. The zero-order valence-electron chi connectivity index (χ0n) is 17.3. The van der Waals surface area contributed by atoms with Crippen molar-refractivity contribution in [1.82, 2.24) is 4.90 Å². The second-order valence-electron chi connectivity index (χ2n) is 8.78. The molecular formula is C21H29ClN2O4. The largest absolute Gasteiger partial charge is 0.467 e. The number of likely N-dealkylation sites (tertiary alicyclic amines) is 1. The van der Waals surface area contributed by atoms with Crippen LogP contribution in [0.15, 0.2) is 18.2 Å². The number of esters is 1. The number of carbonyl (C=O) groups is 2.